The van der Waals surface area contributed by atoms with Gasteiger partial charge in [-0.05, 0) is 54.1 Å². The minimum atomic E-state index is -3.73. The van der Waals surface area contributed by atoms with E-state index >= 15 is 0 Å². The van der Waals surface area contributed by atoms with Crippen molar-refractivity contribution in [2.24, 2.45) is 5.10 Å². The van der Waals surface area contributed by atoms with E-state index in [1.165, 1.54) is 18.3 Å². The third-order valence-corrected chi connectivity index (χ3v) is 4.52. The van der Waals surface area contributed by atoms with E-state index in [0.717, 1.165) is 4.47 Å². The lowest BCUT2D eigenvalue weighted by atomic mass is 10.2. The highest BCUT2D eigenvalue weighted by Gasteiger charge is 2.11. The van der Waals surface area contributed by atoms with Crippen molar-refractivity contribution in [3.63, 3.8) is 0 Å². The van der Waals surface area contributed by atoms with Crippen LogP contribution in [0.1, 0.15) is 5.56 Å². The van der Waals surface area contributed by atoms with Gasteiger partial charge in [0.05, 0.1) is 11.1 Å². The first-order valence-corrected chi connectivity index (χ1v) is 8.89. The number of ether oxygens (including phenoxy) is 1. The molecule has 7 nitrogen and oxygen atoms in total. The molecule has 0 spiro atoms. The van der Waals surface area contributed by atoms with Crippen LogP contribution in [0.2, 0.25) is 0 Å². The van der Waals surface area contributed by atoms with E-state index in [4.69, 9.17) is 9.84 Å². The monoisotopic (exact) mass is 412 g/mol. The highest BCUT2D eigenvalue weighted by Crippen LogP contribution is 2.14. The van der Waals surface area contributed by atoms with Gasteiger partial charge in [0.25, 0.3) is 10.0 Å². The highest BCUT2D eigenvalue weighted by atomic mass is 79.9. The summed E-state index contributed by atoms with van der Waals surface area (Å²) < 4.78 is 29.8. The molecule has 2 N–H and O–H groups in total. The maximum absolute atomic E-state index is 12.0. The number of nitrogens with zero attached hydrogens (tertiary/aromatic N) is 1. The molecular weight excluding hydrogens is 400 g/mol. The summed E-state index contributed by atoms with van der Waals surface area (Å²) in [7, 11) is -3.73. The Morgan fingerprint density at radius 2 is 1.79 bits per heavy atom. The third kappa shape index (κ3) is 5.36. The van der Waals surface area contributed by atoms with Crippen LogP contribution in [0.3, 0.4) is 0 Å². The number of hydrogen-bond donors (Lipinski definition) is 2. The second-order valence-corrected chi connectivity index (χ2v) is 7.13. The van der Waals surface area contributed by atoms with E-state index in [-0.39, 0.29) is 4.90 Å². The topological polar surface area (TPSA) is 105 Å². The van der Waals surface area contributed by atoms with Gasteiger partial charge in [0.1, 0.15) is 5.75 Å². The number of carboxylic acid groups (broad SMARTS) is 1. The fourth-order valence-corrected chi connectivity index (χ4v) is 2.69. The molecule has 0 aliphatic heterocycles. The summed E-state index contributed by atoms with van der Waals surface area (Å²) >= 11 is 3.23. The van der Waals surface area contributed by atoms with Crippen LogP contribution in [-0.4, -0.2) is 32.3 Å². The number of hydrogen-bond acceptors (Lipinski definition) is 5. The van der Waals surface area contributed by atoms with Gasteiger partial charge in [-0.25, -0.2) is 9.63 Å². The SMILES string of the molecule is O=C(O)COc1ccc(/C=N/NS(=O)(=O)c2ccc(Br)cc2)cc1. The highest BCUT2D eigenvalue weighted by molar-refractivity contribution is 9.10. The molecule has 0 aromatic heterocycles. The van der Waals surface area contributed by atoms with Crippen molar-refractivity contribution >= 4 is 38.1 Å². The molecule has 2 rings (SSSR count). The fraction of sp³-hybridized carbons (Fsp3) is 0.0667. The minimum Gasteiger partial charge on any atom is -0.482 e. The summed E-state index contributed by atoms with van der Waals surface area (Å²) in [6, 6.07) is 12.5. The van der Waals surface area contributed by atoms with Crippen molar-refractivity contribution in [1.82, 2.24) is 4.83 Å². The molecule has 0 bridgehead atoms. The molecular formula is C15H13BrN2O5S. The van der Waals surface area contributed by atoms with Gasteiger partial charge in [-0.1, -0.05) is 15.9 Å². The molecule has 9 heteroatoms. The first-order chi connectivity index (χ1) is 11.4. The number of rotatable bonds is 7. The molecule has 0 heterocycles. The lowest BCUT2D eigenvalue weighted by molar-refractivity contribution is -0.139. The predicted octanol–water partition coefficient (Wildman–Crippen LogP) is 2.22. The number of benzene rings is 2. The molecule has 0 aliphatic carbocycles. The third-order valence-electron chi connectivity index (χ3n) is 2.75. The summed E-state index contributed by atoms with van der Waals surface area (Å²) in [5.41, 5.74) is 0.621. The maximum atomic E-state index is 12.0. The van der Waals surface area contributed by atoms with Gasteiger partial charge in [-0.3, -0.25) is 0 Å². The van der Waals surface area contributed by atoms with Gasteiger partial charge in [-0.2, -0.15) is 13.5 Å². The summed E-state index contributed by atoms with van der Waals surface area (Å²) in [5.74, 6) is -0.673. The Morgan fingerprint density at radius 1 is 1.17 bits per heavy atom. The Balaban J connectivity index is 1.98. The van der Waals surface area contributed by atoms with Crippen LogP contribution in [0.5, 0.6) is 5.75 Å². The van der Waals surface area contributed by atoms with Crippen molar-refractivity contribution in [3.05, 3.63) is 58.6 Å². The first kappa shape index (κ1) is 18.0. The Labute approximate surface area is 147 Å². The van der Waals surface area contributed by atoms with Crippen molar-refractivity contribution in [3.8, 4) is 5.75 Å². The molecule has 0 amide bonds. The van der Waals surface area contributed by atoms with Gasteiger partial charge in [0.15, 0.2) is 6.61 Å². The van der Waals surface area contributed by atoms with E-state index < -0.39 is 22.6 Å². The van der Waals surface area contributed by atoms with Crippen LogP contribution in [0.4, 0.5) is 0 Å². The van der Waals surface area contributed by atoms with Crippen LogP contribution >= 0.6 is 15.9 Å². The Hall–Kier alpha value is -2.39. The molecule has 24 heavy (non-hydrogen) atoms. The van der Waals surface area contributed by atoms with E-state index in [1.807, 2.05) is 0 Å². The average Bonchev–Trinajstić information content (AvgIpc) is 2.54. The molecule has 2 aromatic carbocycles. The number of hydrazone groups is 1. The Bertz CT molecular complexity index is 833. The predicted molar refractivity (Wildman–Crippen MR) is 91.6 cm³/mol. The van der Waals surface area contributed by atoms with Crippen molar-refractivity contribution in [2.45, 2.75) is 4.90 Å². The number of carbonyl (C=O) groups is 1. The lowest BCUT2D eigenvalue weighted by Crippen LogP contribution is -2.18. The number of sulfonamides is 1. The van der Waals surface area contributed by atoms with Gasteiger partial charge >= 0.3 is 5.97 Å². The van der Waals surface area contributed by atoms with Gasteiger partial charge in [0.2, 0.25) is 0 Å². The first-order valence-electron chi connectivity index (χ1n) is 6.62. The van der Waals surface area contributed by atoms with Gasteiger partial charge in [0, 0.05) is 4.47 Å². The lowest BCUT2D eigenvalue weighted by Gasteiger charge is -2.04. The number of halogens is 1. The summed E-state index contributed by atoms with van der Waals surface area (Å²) in [5, 5.41) is 12.2. The molecule has 0 fully saturated rings. The van der Waals surface area contributed by atoms with Crippen LogP contribution in [0.15, 0.2) is 63.0 Å². The standard InChI is InChI=1S/C15H13BrN2O5S/c16-12-3-7-14(8-4-12)24(21,22)18-17-9-11-1-5-13(6-2-11)23-10-15(19)20/h1-9,18H,10H2,(H,19,20)/b17-9+. The second-order valence-electron chi connectivity index (χ2n) is 4.56. The summed E-state index contributed by atoms with van der Waals surface area (Å²) in [4.78, 5) is 12.6. The van der Waals surface area contributed by atoms with Crippen LogP contribution < -0.4 is 9.57 Å². The zero-order valence-electron chi connectivity index (χ0n) is 12.2. The molecule has 0 saturated heterocycles. The smallest absolute Gasteiger partial charge is 0.341 e. The van der Waals surface area contributed by atoms with E-state index in [9.17, 15) is 13.2 Å². The normalized spacial score (nSPS) is 11.4. The number of carboxylic acids is 1. The molecule has 0 saturated carbocycles. The maximum Gasteiger partial charge on any atom is 0.341 e. The Morgan fingerprint density at radius 3 is 2.38 bits per heavy atom. The average molecular weight is 413 g/mol. The molecule has 0 atom stereocenters. The summed E-state index contributed by atoms with van der Waals surface area (Å²) in [6.45, 7) is -0.430. The molecule has 0 radical (unpaired) electrons. The van der Waals surface area contributed by atoms with Crippen molar-refractivity contribution in [1.29, 1.82) is 0 Å². The molecule has 126 valence electrons. The number of aliphatic carboxylic acids is 1. The largest absolute Gasteiger partial charge is 0.482 e. The fourth-order valence-electron chi connectivity index (χ4n) is 1.63. The zero-order chi connectivity index (χ0) is 17.6. The minimum absolute atomic E-state index is 0.0975. The Kier molecular flexibility index (Phi) is 5.93. The molecule has 0 unspecified atom stereocenters. The molecule has 2 aromatic rings. The van der Waals surface area contributed by atoms with Crippen LogP contribution in [0, 0.1) is 0 Å². The van der Waals surface area contributed by atoms with Crippen LogP contribution in [0.25, 0.3) is 0 Å². The van der Waals surface area contributed by atoms with E-state index in [0.29, 0.717) is 11.3 Å². The molecule has 0 aliphatic rings. The van der Waals surface area contributed by atoms with Gasteiger partial charge < -0.3 is 9.84 Å². The van der Waals surface area contributed by atoms with Crippen molar-refractivity contribution in [2.75, 3.05) is 6.61 Å². The van der Waals surface area contributed by atoms with E-state index in [2.05, 4.69) is 25.9 Å². The number of nitrogens with one attached hydrogen (secondary N) is 1. The van der Waals surface area contributed by atoms with Crippen LogP contribution in [-0.2, 0) is 14.8 Å². The second kappa shape index (κ2) is 7.93. The zero-order valence-corrected chi connectivity index (χ0v) is 14.6. The van der Waals surface area contributed by atoms with Crippen molar-refractivity contribution < 1.29 is 23.1 Å². The van der Waals surface area contributed by atoms with Gasteiger partial charge in [-0.15, -0.1) is 0 Å². The summed E-state index contributed by atoms with van der Waals surface area (Å²) in [6.07, 6.45) is 1.33. The quantitative estimate of drug-likeness (QED) is 0.535. The van der Waals surface area contributed by atoms with E-state index in [1.54, 1.807) is 36.4 Å².